The molecule has 0 atom stereocenters. The van der Waals surface area contributed by atoms with E-state index in [1.165, 1.54) is 11.3 Å². The minimum atomic E-state index is -0.395. The van der Waals surface area contributed by atoms with Gasteiger partial charge in [-0.2, -0.15) is 0 Å². The molecule has 2 aromatic rings. The highest BCUT2D eigenvalue weighted by Gasteiger charge is 2.22. The molecule has 116 valence electrons. The third-order valence-electron chi connectivity index (χ3n) is 3.30. The van der Waals surface area contributed by atoms with E-state index in [4.69, 9.17) is 5.73 Å². The molecule has 0 aliphatic rings. The summed E-state index contributed by atoms with van der Waals surface area (Å²) in [5, 5.41) is 3.97. The molecule has 0 spiro atoms. The molecule has 7 heteroatoms. The van der Waals surface area contributed by atoms with E-state index in [2.05, 4.69) is 29.0 Å². The highest BCUT2D eigenvalue weighted by molar-refractivity contribution is 7.29. The Balaban J connectivity index is 2.21. The molecule has 2 rings (SSSR count). The van der Waals surface area contributed by atoms with E-state index in [1.54, 1.807) is 11.3 Å². The van der Waals surface area contributed by atoms with Gasteiger partial charge in [0.05, 0.1) is 9.58 Å². The third-order valence-corrected chi connectivity index (χ3v) is 5.52. The predicted molar refractivity (Wildman–Crippen MR) is 91.7 cm³/mol. The third kappa shape index (κ3) is 3.53. The van der Waals surface area contributed by atoms with Gasteiger partial charge in [-0.05, 0) is 33.8 Å². The number of fused-ring (bicyclic) bond motifs is 1. The number of nitrogens with two attached hydrogens (primary N) is 1. The van der Waals surface area contributed by atoms with Crippen molar-refractivity contribution in [1.82, 2.24) is 10.3 Å². The molecule has 2 aromatic heterocycles. The van der Waals surface area contributed by atoms with Crippen molar-refractivity contribution in [1.29, 1.82) is 0 Å². The van der Waals surface area contributed by atoms with Crippen LogP contribution in [0.5, 0.6) is 0 Å². The number of carbonyl (C=O) groups is 1. The van der Waals surface area contributed by atoms with Crippen LogP contribution in [-0.2, 0) is 0 Å². The Bertz CT molecular complexity index is 596. The van der Waals surface area contributed by atoms with E-state index in [1.807, 2.05) is 19.9 Å². The van der Waals surface area contributed by atoms with E-state index < -0.39 is 5.54 Å². The predicted octanol–water partition coefficient (Wildman–Crippen LogP) is 2.67. The lowest BCUT2D eigenvalue weighted by Gasteiger charge is -2.23. The van der Waals surface area contributed by atoms with Crippen molar-refractivity contribution in [2.24, 2.45) is 5.73 Å². The van der Waals surface area contributed by atoms with Crippen LogP contribution in [0.15, 0.2) is 6.07 Å². The highest BCUT2D eigenvalue weighted by Crippen LogP contribution is 2.34. The van der Waals surface area contributed by atoms with Crippen LogP contribution in [0.3, 0.4) is 0 Å². The lowest BCUT2D eigenvalue weighted by Crippen LogP contribution is -2.48. The van der Waals surface area contributed by atoms with Gasteiger partial charge in [-0.25, -0.2) is 4.98 Å². The van der Waals surface area contributed by atoms with Crippen molar-refractivity contribution in [3.05, 3.63) is 10.9 Å². The average molecular weight is 326 g/mol. The second-order valence-electron chi connectivity index (χ2n) is 5.49. The molecule has 0 aliphatic heterocycles. The second-order valence-corrected chi connectivity index (χ2v) is 7.53. The van der Waals surface area contributed by atoms with Crippen LogP contribution in [0.25, 0.3) is 9.53 Å². The van der Waals surface area contributed by atoms with Gasteiger partial charge in [0.1, 0.15) is 4.83 Å². The van der Waals surface area contributed by atoms with E-state index in [-0.39, 0.29) is 5.91 Å². The quantitative estimate of drug-likeness (QED) is 0.856. The second kappa shape index (κ2) is 6.29. The Morgan fingerprint density at radius 1 is 1.38 bits per heavy atom. The van der Waals surface area contributed by atoms with Gasteiger partial charge in [0.15, 0.2) is 5.13 Å². The number of thiazole rings is 1. The Labute approximate surface area is 133 Å². The summed E-state index contributed by atoms with van der Waals surface area (Å²) in [6.07, 6.45) is 0. The summed E-state index contributed by atoms with van der Waals surface area (Å²) in [5.41, 5.74) is 5.25. The van der Waals surface area contributed by atoms with Crippen LogP contribution in [0.4, 0.5) is 5.13 Å². The normalized spacial score (nSPS) is 11.9. The maximum atomic E-state index is 12.2. The highest BCUT2D eigenvalue weighted by atomic mass is 32.1. The first-order valence-corrected chi connectivity index (χ1v) is 8.71. The number of hydrogen-bond acceptors (Lipinski definition) is 6. The zero-order valence-corrected chi connectivity index (χ0v) is 14.5. The molecule has 0 unspecified atom stereocenters. The average Bonchev–Trinajstić information content (AvgIpc) is 2.98. The molecule has 0 radical (unpaired) electrons. The van der Waals surface area contributed by atoms with Gasteiger partial charge in [-0.15, -0.1) is 11.3 Å². The first kappa shape index (κ1) is 16.2. The molecular formula is C14H22N4OS2. The zero-order valence-electron chi connectivity index (χ0n) is 12.9. The maximum Gasteiger partial charge on any atom is 0.261 e. The van der Waals surface area contributed by atoms with Crippen molar-refractivity contribution >= 4 is 43.2 Å². The van der Waals surface area contributed by atoms with Gasteiger partial charge >= 0.3 is 0 Å². The number of thiophene rings is 1. The fourth-order valence-electron chi connectivity index (χ4n) is 1.89. The molecule has 1 amide bonds. The number of nitrogens with one attached hydrogen (secondary N) is 1. The molecule has 0 aromatic carbocycles. The SMILES string of the molecule is CCN(CC)c1nc2sc(C(=O)NC(C)(C)CN)cc2s1. The molecule has 0 saturated carbocycles. The first-order chi connectivity index (χ1) is 9.90. The maximum absolute atomic E-state index is 12.2. The topological polar surface area (TPSA) is 71.2 Å². The van der Waals surface area contributed by atoms with Gasteiger partial charge in [-0.3, -0.25) is 4.79 Å². The van der Waals surface area contributed by atoms with E-state index in [9.17, 15) is 4.79 Å². The minimum absolute atomic E-state index is 0.0787. The van der Waals surface area contributed by atoms with Gasteiger partial charge in [-0.1, -0.05) is 11.3 Å². The Morgan fingerprint density at radius 3 is 2.57 bits per heavy atom. The largest absolute Gasteiger partial charge is 0.349 e. The number of anilines is 1. The smallest absolute Gasteiger partial charge is 0.261 e. The lowest BCUT2D eigenvalue weighted by atomic mass is 10.1. The van der Waals surface area contributed by atoms with E-state index in [0.29, 0.717) is 11.4 Å². The number of aromatic nitrogens is 1. The number of rotatable bonds is 6. The van der Waals surface area contributed by atoms with Crippen molar-refractivity contribution < 1.29 is 4.79 Å². The summed E-state index contributed by atoms with van der Waals surface area (Å²) in [5.74, 6) is -0.0787. The summed E-state index contributed by atoms with van der Waals surface area (Å²) >= 11 is 3.07. The van der Waals surface area contributed by atoms with Crippen LogP contribution >= 0.6 is 22.7 Å². The van der Waals surface area contributed by atoms with Crippen LogP contribution < -0.4 is 16.0 Å². The molecule has 3 N–H and O–H groups in total. The Morgan fingerprint density at radius 2 is 2.05 bits per heavy atom. The molecule has 5 nitrogen and oxygen atoms in total. The Hall–Kier alpha value is -1.18. The molecule has 0 bridgehead atoms. The standard InChI is InChI=1S/C14H22N4OS2/c1-5-18(6-2)13-16-12-10(21-13)7-9(20-12)11(19)17-14(3,4)8-15/h7H,5-6,8,15H2,1-4H3,(H,17,19). The van der Waals surface area contributed by atoms with Crippen LogP contribution in [-0.4, -0.2) is 36.1 Å². The summed E-state index contributed by atoms with van der Waals surface area (Å²) < 4.78 is 1.07. The molecule has 0 fully saturated rings. The van der Waals surface area contributed by atoms with Gasteiger partial charge in [0.25, 0.3) is 5.91 Å². The van der Waals surface area contributed by atoms with Crippen LogP contribution in [0.2, 0.25) is 0 Å². The van der Waals surface area contributed by atoms with E-state index in [0.717, 1.165) is 27.8 Å². The summed E-state index contributed by atoms with van der Waals surface area (Å²) in [6.45, 7) is 10.3. The first-order valence-electron chi connectivity index (χ1n) is 7.08. The van der Waals surface area contributed by atoms with Gasteiger partial charge in [0.2, 0.25) is 0 Å². The monoisotopic (exact) mass is 326 g/mol. The lowest BCUT2D eigenvalue weighted by molar-refractivity contribution is 0.0920. The number of nitrogens with zero attached hydrogens (tertiary/aromatic N) is 2. The number of carbonyl (C=O) groups excluding carboxylic acids is 1. The van der Waals surface area contributed by atoms with Crippen molar-refractivity contribution in [3.8, 4) is 0 Å². The van der Waals surface area contributed by atoms with Gasteiger partial charge < -0.3 is 16.0 Å². The molecule has 0 saturated heterocycles. The fraction of sp³-hybridized carbons (Fsp3) is 0.571. The molecule has 0 aliphatic carbocycles. The van der Waals surface area contributed by atoms with Crippen molar-refractivity contribution in [2.75, 3.05) is 24.5 Å². The number of amides is 1. The summed E-state index contributed by atoms with van der Waals surface area (Å²) in [4.78, 5) is 20.7. The van der Waals surface area contributed by atoms with Crippen LogP contribution in [0.1, 0.15) is 37.4 Å². The minimum Gasteiger partial charge on any atom is -0.349 e. The van der Waals surface area contributed by atoms with Gasteiger partial charge in [0, 0.05) is 25.2 Å². The molecule has 2 heterocycles. The fourth-order valence-corrected chi connectivity index (χ4v) is 4.12. The van der Waals surface area contributed by atoms with Crippen LogP contribution in [0, 0.1) is 0 Å². The summed E-state index contributed by atoms with van der Waals surface area (Å²) in [7, 11) is 0. The zero-order chi connectivity index (χ0) is 15.6. The molecule has 21 heavy (non-hydrogen) atoms. The molecular weight excluding hydrogens is 304 g/mol. The van der Waals surface area contributed by atoms with Crippen molar-refractivity contribution in [3.63, 3.8) is 0 Å². The Kier molecular flexibility index (Phi) is 4.85. The van der Waals surface area contributed by atoms with E-state index >= 15 is 0 Å². The summed E-state index contributed by atoms with van der Waals surface area (Å²) in [6, 6.07) is 1.92. The number of hydrogen-bond donors (Lipinski definition) is 2. The van der Waals surface area contributed by atoms with Crippen molar-refractivity contribution in [2.45, 2.75) is 33.2 Å².